The Balaban J connectivity index is 2.00. The zero-order valence-electron chi connectivity index (χ0n) is 9.82. The molecule has 94 valence electrons. The third kappa shape index (κ3) is 2.92. The van der Waals surface area contributed by atoms with Gasteiger partial charge in [0.1, 0.15) is 5.82 Å². The molecule has 1 aliphatic carbocycles. The second kappa shape index (κ2) is 5.42. The molecular weight excluding hydrogens is 223 g/mol. The Morgan fingerprint density at radius 1 is 1.59 bits per heavy atom. The summed E-state index contributed by atoms with van der Waals surface area (Å²) < 4.78 is 18.1. The highest BCUT2D eigenvalue weighted by Gasteiger charge is 2.24. The van der Waals surface area contributed by atoms with E-state index < -0.39 is 0 Å². The van der Waals surface area contributed by atoms with Crippen LogP contribution in [0.4, 0.5) is 4.39 Å². The number of nitrogens with one attached hydrogen (secondary N) is 1. The van der Waals surface area contributed by atoms with Crippen molar-refractivity contribution in [2.24, 2.45) is 0 Å². The molecule has 0 spiro atoms. The number of nitrogens with zero attached hydrogens (tertiary/aromatic N) is 1. The number of ether oxygens (including phenoxy) is 1. The van der Waals surface area contributed by atoms with Gasteiger partial charge >= 0.3 is 0 Å². The van der Waals surface area contributed by atoms with Crippen LogP contribution in [-0.2, 0) is 6.54 Å². The fourth-order valence-electron chi connectivity index (χ4n) is 2.20. The van der Waals surface area contributed by atoms with E-state index in [0.29, 0.717) is 18.0 Å². The number of hydrogen-bond donors (Lipinski definition) is 2. The van der Waals surface area contributed by atoms with Gasteiger partial charge in [-0.05, 0) is 25.3 Å². The number of aliphatic hydroxyl groups excluding tert-OH is 1. The molecule has 1 saturated carbocycles. The van der Waals surface area contributed by atoms with Crippen molar-refractivity contribution >= 4 is 0 Å². The smallest absolute Gasteiger partial charge is 0.217 e. The predicted molar refractivity (Wildman–Crippen MR) is 61.2 cm³/mol. The van der Waals surface area contributed by atoms with E-state index >= 15 is 0 Å². The lowest BCUT2D eigenvalue weighted by atomic mass is 10.2. The minimum atomic E-state index is -0.380. The van der Waals surface area contributed by atoms with E-state index in [4.69, 9.17) is 4.74 Å². The number of hydrogen-bond acceptors (Lipinski definition) is 4. The SMILES string of the molecule is COc1ncc(F)cc1CN[C@@H]1CCC[C@@H]1O. The van der Waals surface area contributed by atoms with Crippen LogP contribution in [0, 0.1) is 5.82 Å². The van der Waals surface area contributed by atoms with E-state index in [9.17, 15) is 9.50 Å². The van der Waals surface area contributed by atoms with Crippen LogP contribution in [0.1, 0.15) is 24.8 Å². The first kappa shape index (κ1) is 12.3. The molecule has 5 heteroatoms. The van der Waals surface area contributed by atoms with Crippen LogP contribution in [0.25, 0.3) is 0 Å². The van der Waals surface area contributed by atoms with E-state index in [1.807, 2.05) is 0 Å². The Kier molecular flexibility index (Phi) is 3.91. The molecule has 17 heavy (non-hydrogen) atoms. The maximum atomic E-state index is 13.1. The Bertz CT molecular complexity index is 387. The molecule has 0 unspecified atom stereocenters. The number of aromatic nitrogens is 1. The van der Waals surface area contributed by atoms with Crippen LogP contribution in [0.3, 0.4) is 0 Å². The Labute approximate surface area is 99.8 Å². The van der Waals surface area contributed by atoms with Crippen molar-refractivity contribution in [3.05, 3.63) is 23.6 Å². The molecule has 1 aromatic heterocycles. The molecule has 2 atom stereocenters. The lowest BCUT2D eigenvalue weighted by molar-refractivity contribution is 0.148. The number of methoxy groups -OCH3 is 1. The molecule has 1 fully saturated rings. The van der Waals surface area contributed by atoms with Gasteiger partial charge in [-0.3, -0.25) is 0 Å². The van der Waals surface area contributed by atoms with Crippen molar-refractivity contribution < 1.29 is 14.2 Å². The summed E-state index contributed by atoms with van der Waals surface area (Å²) in [5.74, 6) is 0.0426. The maximum Gasteiger partial charge on any atom is 0.217 e. The molecule has 0 amide bonds. The van der Waals surface area contributed by atoms with Gasteiger partial charge in [-0.2, -0.15) is 0 Å². The van der Waals surface area contributed by atoms with Gasteiger partial charge in [-0.15, -0.1) is 0 Å². The van der Waals surface area contributed by atoms with E-state index in [1.54, 1.807) is 0 Å². The normalized spacial score (nSPS) is 23.9. The third-order valence-corrected chi connectivity index (χ3v) is 3.12. The number of aliphatic hydroxyl groups is 1. The summed E-state index contributed by atoms with van der Waals surface area (Å²) in [6, 6.07) is 1.49. The summed E-state index contributed by atoms with van der Waals surface area (Å²) in [6.45, 7) is 0.454. The largest absolute Gasteiger partial charge is 0.481 e. The molecule has 0 radical (unpaired) electrons. The molecule has 0 bridgehead atoms. The van der Waals surface area contributed by atoms with Crippen LogP contribution in [-0.4, -0.2) is 29.3 Å². The summed E-state index contributed by atoms with van der Waals surface area (Å²) in [4.78, 5) is 3.86. The zero-order chi connectivity index (χ0) is 12.3. The topological polar surface area (TPSA) is 54.4 Å². The van der Waals surface area contributed by atoms with Gasteiger partial charge in [0.25, 0.3) is 0 Å². The number of rotatable bonds is 4. The van der Waals surface area contributed by atoms with Gasteiger partial charge in [0, 0.05) is 18.2 Å². The Morgan fingerprint density at radius 3 is 3.06 bits per heavy atom. The maximum absolute atomic E-state index is 13.1. The van der Waals surface area contributed by atoms with Crippen LogP contribution in [0.2, 0.25) is 0 Å². The quantitative estimate of drug-likeness (QED) is 0.831. The second-order valence-corrected chi connectivity index (χ2v) is 4.31. The lowest BCUT2D eigenvalue weighted by Gasteiger charge is -2.17. The van der Waals surface area contributed by atoms with E-state index in [0.717, 1.165) is 25.5 Å². The third-order valence-electron chi connectivity index (χ3n) is 3.12. The van der Waals surface area contributed by atoms with Crippen LogP contribution in [0.15, 0.2) is 12.3 Å². The van der Waals surface area contributed by atoms with E-state index in [1.165, 1.54) is 13.2 Å². The Morgan fingerprint density at radius 2 is 2.41 bits per heavy atom. The minimum absolute atomic E-state index is 0.0861. The highest BCUT2D eigenvalue weighted by Crippen LogP contribution is 2.21. The standard InChI is InChI=1S/C12H17FN2O2/c1-17-12-8(5-9(13)7-15-12)6-14-10-3-2-4-11(10)16/h5,7,10-11,14,16H,2-4,6H2,1H3/t10-,11+/m1/s1. The van der Waals surface area contributed by atoms with Crippen molar-refractivity contribution in [2.75, 3.05) is 7.11 Å². The molecule has 1 heterocycles. The van der Waals surface area contributed by atoms with Gasteiger partial charge in [-0.25, -0.2) is 9.37 Å². The highest BCUT2D eigenvalue weighted by molar-refractivity contribution is 5.26. The Hall–Kier alpha value is -1.20. The number of pyridine rings is 1. The summed E-state index contributed by atoms with van der Waals surface area (Å²) in [7, 11) is 1.51. The summed E-state index contributed by atoms with van der Waals surface area (Å²) in [6.07, 6.45) is 3.63. The monoisotopic (exact) mass is 240 g/mol. The number of halogens is 1. The summed E-state index contributed by atoms with van der Waals surface area (Å²) in [5, 5.41) is 12.9. The minimum Gasteiger partial charge on any atom is -0.481 e. The molecule has 0 aromatic carbocycles. The van der Waals surface area contributed by atoms with E-state index in [-0.39, 0.29) is 18.0 Å². The van der Waals surface area contributed by atoms with Crippen LogP contribution in [0.5, 0.6) is 5.88 Å². The highest BCUT2D eigenvalue weighted by atomic mass is 19.1. The zero-order valence-corrected chi connectivity index (χ0v) is 9.82. The van der Waals surface area contributed by atoms with Crippen molar-refractivity contribution in [2.45, 2.75) is 38.0 Å². The second-order valence-electron chi connectivity index (χ2n) is 4.31. The van der Waals surface area contributed by atoms with Crippen LogP contribution >= 0.6 is 0 Å². The van der Waals surface area contributed by atoms with Crippen LogP contribution < -0.4 is 10.1 Å². The molecule has 1 aromatic rings. The average Bonchev–Trinajstić information content (AvgIpc) is 2.72. The van der Waals surface area contributed by atoms with Crippen molar-refractivity contribution in [1.29, 1.82) is 0 Å². The van der Waals surface area contributed by atoms with Gasteiger partial charge in [0.2, 0.25) is 5.88 Å². The summed E-state index contributed by atoms with van der Waals surface area (Å²) >= 11 is 0. The van der Waals surface area contributed by atoms with Gasteiger partial charge < -0.3 is 15.2 Å². The predicted octanol–water partition coefficient (Wildman–Crippen LogP) is 1.23. The van der Waals surface area contributed by atoms with Gasteiger partial charge in [0.15, 0.2) is 0 Å². The summed E-state index contributed by atoms with van der Waals surface area (Å²) in [5.41, 5.74) is 0.673. The first-order valence-electron chi connectivity index (χ1n) is 5.80. The van der Waals surface area contributed by atoms with E-state index in [2.05, 4.69) is 10.3 Å². The van der Waals surface area contributed by atoms with Crippen molar-refractivity contribution in [3.63, 3.8) is 0 Å². The fourth-order valence-corrected chi connectivity index (χ4v) is 2.20. The molecule has 0 saturated heterocycles. The van der Waals surface area contributed by atoms with Gasteiger partial charge in [-0.1, -0.05) is 0 Å². The lowest BCUT2D eigenvalue weighted by Crippen LogP contribution is -2.35. The first-order valence-corrected chi connectivity index (χ1v) is 5.80. The van der Waals surface area contributed by atoms with Crippen molar-refractivity contribution in [1.82, 2.24) is 10.3 Å². The average molecular weight is 240 g/mol. The fraction of sp³-hybridized carbons (Fsp3) is 0.583. The first-order chi connectivity index (χ1) is 8.20. The molecule has 1 aliphatic rings. The van der Waals surface area contributed by atoms with Gasteiger partial charge in [0.05, 0.1) is 19.4 Å². The molecule has 0 aliphatic heterocycles. The molecule has 4 nitrogen and oxygen atoms in total. The molecular formula is C12H17FN2O2. The molecule has 2 N–H and O–H groups in total. The van der Waals surface area contributed by atoms with Crippen molar-refractivity contribution in [3.8, 4) is 5.88 Å². The molecule has 2 rings (SSSR count).